The lowest BCUT2D eigenvalue weighted by atomic mass is 9.82. The number of ketones is 1. The van der Waals surface area contributed by atoms with Crippen LogP contribution in [0.15, 0.2) is 53.6 Å². The molecule has 0 N–H and O–H groups in total. The monoisotopic (exact) mass is 353 g/mol. The maximum Gasteiger partial charge on any atom is 0.268 e. The van der Waals surface area contributed by atoms with Gasteiger partial charge in [-0.15, -0.1) is 0 Å². The topological polar surface area (TPSA) is 56.1 Å². The molecule has 4 rings (SSSR count). The third-order valence-electron chi connectivity index (χ3n) is 5.07. The number of benzene rings is 2. The van der Waals surface area contributed by atoms with Crippen LogP contribution in [0.3, 0.4) is 0 Å². The van der Waals surface area contributed by atoms with E-state index in [2.05, 4.69) is 0 Å². The molecule has 5 heteroatoms. The second-order valence-electron chi connectivity index (χ2n) is 6.76. The van der Waals surface area contributed by atoms with Crippen LogP contribution in [-0.4, -0.2) is 18.2 Å². The standard InChI is InChI=1S/C20H19NO3S/c1-13-3-6-15(7-4-13)25(23,24)21-12-11-17-16-8-5-14(2)20(22)18(16)9-10-19(17)21/h3-4,6-7,9-12,14H,5,8H2,1-2H3. The molecule has 1 aromatic heterocycles. The van der Waals surface area contributed by atoms with Gasteiger partial charge in [-0.3, -0.25) is 4.79 Å². The van der Waals surface area contributed by atoms with Crippen molar-refractivity contribution in [2.24, 2.45) is 5.92 Å². The molecule has 0 saturated carbocycles. The van der Waals surface area contributed by atoms with Crippen molar-refractivity contribution < 1.29 is 13.2 Å². The highest BCUT2D eigenvalue weighted by molar-refractivity contribution is 7.90. The molecule has 1 aliphatic rings. The van der Waals surface area contributed by atoms with Crippen LogP contribution in [0.1, 0.15) is 34.8 Å². The van der Waals surface area contributed by atoms with Crippen LogP contribution in [0.2, 0.25) is 0 Å². The van der Waals surface area contributed by atoms with E-state index in [1.54, 1.807) is 42.6 Å². The predicted octanol–water partition coefficient (Wildman–Crippen LogP) is 3.95. The Morgan fingerprint density at radius 2 is 1.76 bits per heavy atom. The van der Waals surface area contributed by atoms with E-state index >= 15 is 0 Å². The first-order valence-electron chi connectivity index (χ1n) is 8.39. The maximum atomic E-state index is 13.0. The maximum absolute atomic E-state index is 13.0. The van der Waals surface area contributed by atoms with Gasteiger partial charge in [0.2, 0.25) is 0 Å². The first-order valence-corrected chi connectivity index (χ1v) is 9.83. The summed E-state index contributed by atoms with van der Waals surface area (Å²) < 4.78 is 27.3. The average molecular weight is 353 g/mol. The normalized spacial score (nSPS) is 17.7. The first-order chi connectivity index (χ1) is 11.9. The van der Waals surface area contributed by atoms with Crippen molar-refractivity contribution >= 4 is 26.7 Å². The van der Waals surface area contributed by atoms with Gasteiger partial charge in [-0.05, 0) is 55.7 Å². The van der Waals surface area contributed by atoms with Gasteiger partial charge in [0.15, 0.2) is 5.78 Å². The van der Waals surface area contributed by atoms with Crippen LogP contribution in [0.4, 0.5) is 0 Å². The summed E-state index contributed by atoms with van der Waals surface area (Å²) in [5.41, 5.74) is 3.34. The molecule has 0 saturated heterocycles. The van der Waals surface area contributed by atoms with Crippen molar-refractivity contribution in [3.05, 3.63) is 65.4 Å². The summed E-state index contributed by atoms with van der Waals surface area (Å²) in [5.74, 6) is 0.181. The zero-order valence-corrected chi connectivity index (χ0v) is 15.0. The number of hydrogen-bond donors (Lipinski definition) is 0. The van der Waals surface area contributed by atoms with E-state index in [9.17, 15) is 13.2 Å². The summed E-state index contributed by atoms with van der Waals surface area (Å²) in [5, 5.41) is 0.855. The van der Waals surface area contributed by atoms with Crippen molar-refractivity contribution in [3.8, 4) is 0 Å². The van der Waals surface area contributed by atoms with E-state index in [1.807, 2.05) is 19.9 Å². The Morgan fingerprint density at radius 1 is 1.04 bits per heavy atom. The number of carbonyl (C=O) groups is 1. The van der Waals surface area contributed by atoms with Crippen molar-refractivity contribution in [3.63, 3.8) is 0 Å². The van der Waals surface area contributed by atoms with Crippen LogP contribution in [0.25, 0.3) is 10.9 Å². The smallest absolute Gasteiger partial charge is 0.268 e. The molecule has 4 nitrogen and oxygen atoms in total. The zero-order chi connectivity index (χ0) is 17.8. The molecule has 1 atom stereocenters. The number of aromatic nitrogens is 1. The Morgan fingerprint density at radius 3 is 2.48 bits per heavy atom. The number of nitrogens with zero attached hydrogens (tertiary/aromatic N) is 1. The molecule has 0 radical (unpaired) electrons. The Labute approximate surface area is 147 Å². The van der Waals surface area contributed by atoms with Gasteiger partial charge in [-0.2, -0.15) is 0 Å². The fraction of sp³-hybridized carbons (Fsp3) is 0.250. The number of Topliss-reactive ketones (excluding diaryl/α,β-unsaturated/α-hetero) is 1. The summed E-state index contributed by atoms with van der Waals surface area (Å²) in [6.45, 7) is 3.87. The largest absolute Gasteiger partial charge is 0.294 e. The molecule has 0 spiro atoms. The second-order valence-corrected chi connectivity index (χ2v) is 8.57. The SMILES string of the molecule is Cc1ccc(S(=O)(=O)n2ccc3c4c(ccc32)C(=O)C(C)CC4)cc1. The van der Waals surface area contributed by atoms with Gasteiger partial charge >= 0.3 is 0 Å². The van der Waals surface area contributed by atoms with Gasteiger partial charge in [0, 0.05) is 23.1 Å². The summed E-state index contributed by atoms with van der Waals surface area (Å²) in [7, 11) is -3.66. The lowest BCUT2D eigenvalue weighted by Crippen LogP contribution is -2.20. The Kier molecular flexibility index (Phi) is 3.58. The summed E-state index contributed by atoms with van der Waals surface area (Å²) in [4.78, 5) is 12.7. The molecule has 128 valence electrons. The average Bonchev–Trinajstić information content (AvgIpc) is 3.03. The lowest BCUT2D eigenvalue weighted by molar-refractivity contribution is 0.0914. The minimum absolute atomic E-state index is 0.0309. The van der Waals surface area contributed by atoms with Crippen LogP contribution < -0.4 is 0 Å². The Balaban J connectivity index is 1.90. The number of aryl methyl sites for hydroxylation is 2. The third-order valence-corrected chi connectivity index (χ3v) is 6.77. The highest BCUT2D eigenvalue weighted by Crippen LogP contribution is 2.33. The van der Waals surface area contributed by atoms with Gasteiger partial charge in [-0.1, -0.05) is 24.6 Å². The first kappa shape index (κ1) is 16.1. The number of carbonyl (C=O) groups excluding carboxylic acids is 1. The molecule has 25 heavy (non-hydrogen) atoms. The quantitative estimate of drug-likeness (QED) is 0.701. The van der Waals surface area contributed by atoms with E-state index in [1.165, 1.54) is 3.97 Å². The van der Waals surface area contributed by atoms with Crippen LogP contribution >= 0.6 is 0 Å². The van der Waals surface area contributed by atoms with Crippen LogP contribution in [-0.2, 0) is 16.4 Å². The molecule has 0 bridgehead atoms. The van der Waals surface area contributed by atoms with Crippen LogP contribution in [0, 0.1) is 12.8 Å². The van der Waals surface area contributed by atoms with E-state index in [0.717, 1.165) is 34.9 Å². The van der Waals surface area contributed by atoms with E-state index in [-0.39, 0.29) is 16.6 Å². The molecule has 0 fully saturated rings. The van der Waals surface area contributed by atoms with E-state index in [4.69, 9.17) is 0 Å². The van der Waals surface area contributed by atoms with Crippen molar-refractivity contribution in [1.29, 1.82) is 0 Å². The molecule has 2 aromatic carbocycles. The van der Waals surface area contributed by atoms with Gasteiger partial charge in [0.1, 0.15) is 0 Å². The predicted molar refractivity (Wildman–Crippen MR) is 97.5 cm³/mol. The molecule has 1 aliphatic carbocycles. The van der Waals surface area contributed by atoms with Gasteiger partial charge in [0.05, 0.1) is 10.4 Å². The van der Waals surface area contributed by atoms with Crippen molar-refractivity contribution in [1.82, 2.24) is 3.97 Å². The minimum Gasteiger partial charge on any atom is -0.294 e. The molecular formula is C20H19NO3S. The second kappa shape index (κ2) is 5.56. The lowest BCUT2D eigenvalue weighted by Gasteiger charge is -2.21. The van der Waals surface area contributed by atoms with E-state index in [0.29, 0.717) is 5.52 Å². The highest BCUT2D eigenvalue weighted by Gasteiger charge is 2.27. The molecule has 3 aromatic rings. The van der Waals surface area contributed by atoms with Crippen LogP contribution in [0.5, 0.6) is 0 Å². The zero-order valence-electron chi connectivity index (χ0n) is 14.2. The molecule has 1 heterocycles. The summed E-state index contributed by atoms with van der Waals surface area (Å²) in [6.07, 6.45) is 3.19. The van der Waals surface area contributed by atoms with E-state index < -0.39 is 10.0 Å². The highest BCUT2D eigenvalue weighted by atomic mass is 32.2. The number of rotatable bonds is 2. The Hall–Kier alpha value is -2.40. The van der Waals surface area contributed by atoms with Gasteiger partial charge < -0.3 is 0 Å². The summed E-state index contributed by atoms with van der Waals surface area (Å²) in [6, 6.07) is 12.2. The fourth-order valence-corrected chi connectivity index (χ4v) is 4.89. The third kappa shape index (κ3) is 2.42. The fourth-order valence-electron chi connectivity index (χ4n) is 3.54. The van der Waals surface area contributed by atoms with Crippen molar-refractivity contribution in [2.45, 2.75) is 31.6 Å². The van der Waals surface area contributed by atoms with Crippen molar-refractivity contribution in [2.75, 3.05) is 0 Å². The Bertz CT molecular complexity index is 1090. The molecule has 0 amide bonds. The molecular weight excluding hydrogens is 334 g/mol. The number of hydrogen-bond acceptors (Lipinski definition) is 3. The van der Waals surface area contributed by atoms with Gasteiger partial charge in [0.25, 0.3) is 10.0 Å². The molecule has 0 aliphatic heterocycles. The molecule has 1 unspecified atom stereocenters. The van der Waals surface area contributed by atoms with Gasteiger partial charge in [-0.25, -0.2) is 12.4 Å². The minimum atomic E-state index is -3.66. The summed E-state index contributed by atoms with van der Waals surface area (Å²) >= 11 is 0. The number of fused-ring (bicyclic) bond motifs is 3.